The molecule has 3 atom stereocenters. The number of fused-ring (bicyclic) bond motifs is 4. The zero-order valence-electron chi connectivity index (χ0n) is 29.5. The number of carbonyl (C=O) groups excluding carboxylic acids is 1. The van der Waals surface area contributed by atoms with Crippen molar-refractivity contribution in [3.63, 3.8) is 0 Å². The maximum atomic E-state index is 14.4. The number of hydrogen-bond acceptors (Lipinski definition) is 7. The molecule has 0 radical (unpaired) electrons. The van der Waals surface area contributed by atoms with Crippen LogP contribution in [0, 0.1) is 0 Å². The van der Waals surface area contributed by atoms with Gasteiger partial charge in [-0.25, -0.2) is 4.79 Å². The first-order chi connectivity index (χ1) is 22.2. The summed E-state index contributed by atoms with van der Waals surface area (Å²) < 4.78 is 29.9. The van der Waals surface area contributed by atoms with Gasteiger partial charge < -0.3 is 18.3 Å². The first-order valence-corrected chi connectivity index (χ1v) is 24.7. The summed E-state index contributed by atoms with van der Waals surface area (Å²) in [5, 5.41) is 3.44. The molecule has 0 spiro atoms. The zero-order valence-corrected chi connectivity index (χ0v) is 34.7. The molecule has 0 saturated carbocycles. The van der Waals surface area contributed by atoms with Crippen LogP contribution >= 0.6 is 45.9 Å². The van der Waals surface area contributed by atoms with Crippen LogP contribution in [0.15, 0.2) is 59.9 Å². The monoisotopic (exact) mass is 760 g/mol. The lowest BCUT2D eigenvalue weighted by Gasteiger charge is -2.46. The van der Waals surface area contributed by atoms with Crippen LogP contribution in [0.1, 0.15) is 57.7 Å². The lowest BCUT2D eigenvalue weighted by Crippen LogP contribution is -2.56. The normalized spacial score (nSPS) is 22.2. The second kappa shape index (κ2) is 12.5. The Morgan fingerprint density at radius 3 is 1.94 bits per heavy atom. The molecule has 1 aliphatic heterocycles. The van der Waals surface area contributed by atoms with Crippen molar-refractivity contribution in [1.82, 2.24) is 0 Å². The third-order valence-electron chi connectivity index (χ3n) is 10.7. The summed E-state index contributed by atoms with van der Waals surface area (Å²) in [7, 11) is -4.84. The Morgan fingerprint density at radius 2 is 1.38 bits per heavy atom. The van der Waals surface area contributed by atoms with Crippen LogP contribution in [0.2, 0.25) is 46.3 Å². The third-order valence-corrected chi connectivity index (χ3v) is 22.3. The van der Waals surface area contributed by atoms with Crippen molar-refractivity contribution in [1.29, 1.82) is 0 Å². The van der Waals surface area contributed by atoms with Crippen molar-refractivity contribution in [3.8, 4) is 0 Å². The van der Waals surface area contributed by atoms with Crippen molar-refractivity contribution in [2.24, 2.45) is 0 Å². The Bertz CT molecular complexity index is 1920. The average Bonchev–Trinajstić information content (AvgIpc) is 3.63. The van der Waals surface area contributed by atoms with Crippen molar-refractivity contribution in [3.05, 3.63) is 79.7 Å². The van der Waals surface area contributed by atoms with Crippen molar-refractivity contribution >= 4 is 88.7 Å². The topological polar surface area (TPSA) is 54.0 Å². The molecule has 1 fully saturated rings. The maximum absolute atomic E-state index is 14.4. The minimum Gasteiger partial charge on any atom is -0.489 e. The molecular formula is C37H46Cl2O5S2Si2. The van der Waals surface area contributed by atoms with Crippen molar-refractivity contribution < 1.29 is 23.1 Å². The molecule has 48 heavy (non-hydrogen) atoms. The summed E-state index contributed by atoms with van der Waals surface area (Å²) in [6.45, 7) is 22.5. The van der Waals surface area contributed by atoms with Gasteiger partial charge in [0.2, 0.25) is 0 Å². The maximum Gasteiger partial charge on any atom is 0.342 e. The largest absolute Gasteiger partial charge is 0.489 e. The summed E-state index contributed by atoms with van der Waals surface area (Å²) in [5.41, 5.74) is -0.450. The highest BCUT2D eigenvalue weighted by Gasteiger charge is 2.64. The SMILES string of the molecule is CC(C)(C)[Si](C)(C)O[C@@H]1C(OCc2cc3ccc(Cl)cc3s2)=C(Cc2cc3ccc(Cl)cc3s2)[C@]2(O[Si](C)(C)C(C)(C)C)C[C@H]1OC2=O. The van der Waals surface area contributed by atoms with E-state index in [0.29, 0.717) is 35.3 Å². The van der Waals surface area contributed by atoms with Gasteiger partial charge in [0, 0.05) is 47.6 Å². The van der Waals surface area contributed by atoms with Gasteiger partial charge in [0.1, 0.15) is 24.6 Å². The van der Waals surface area contributed by atoms with Gasteiger partial charge in [-0.15, -0.1) is 22.7 Å². The first kappa shape index (κ1) is 36.1. The smallest absolute Gasteiger partial charge is 0.342 e. The quantitative estimate of drug-likeness (QED) is 0.126. The zero-order chi connectivity index (χ0) is 35.0. The second-order valence-corrected chi connectivity index (χ2v) is 28.9. The van der Waals surface area contributed by atoms with Gasteiger partial charge in [0.25, 0.3) is 0 Å². The highest BCUT2D eigenvalue weighted by molar-refractivity contribution is 7.19. The van der Waals surface area contributed by atoms with Crippen LogP contribution in [0.4, 0.5) is 0 Å². The molecule has 5 nitrogen and oxygen atoms in total. The van der Waals surface area contributed by atoms with Gasteiger partial charge in [-0.1, -0.05) is 76.9 Å². The van der Waals surface area contributed by atoms with Crippen LogP contribution in [0.25, 0.3) is 20.2 Å². The summed E-state index contributed by atoms with van der Waals surface area (Å²) in [6, 6.07) is 16.2. The Kier molecular flexibility index (Phi) is 9.41. The highest BCUT2D eigenvalue weighted by atomic mass is 35.5. The lowest BCUT2D eigenvalue weighted by molar-refractivity contribution is -0.152. The van der Waals surface area contributed by atoms with E-state index in [1.807, 2.05) is 36.4 Å². The molecule has 2 bridgehead atoms. The van der Waals surface area contributed by atoms with E-state index in [0.717, 1.165) is 35.5 Å². The molecule has 0 N–H and O–H groups in total. The summed E-state index contributed by atoms with van der Waals surface area (Å²) >= 11 is 16.1. The highest BCUT2D eigenvalue weighted by Crippen LogP contribution is 2.53. The molecule has 1 aliphatic carbocycles. The van der Waals surface area contributed by atoms with E-state index in [9.17, 15) is 4.79 Å². The molecular weight excluding hydrogens is 716 g/mol. The molecule has 11 heteroatoms. The Balaban J connectivity index is 1.53. The summed E-state index contributed by atoms with van der Waals surface area (Å²) in [5.74, 6) is 0.335. The van der Waals surface area contributed by atoms with Gasteiger partial charge in [-0.3, -0.25) is 0 Å². The van der Waals surface area contributed by atoms with Crippen LogP contribution in [-0.2, 0) is 36.1 Å². The van der Waals surface area contributed by atoms with Gasteiger partial charge in [-0.05, 0) is 83.4 Å². The fourth-order valence-corrected chi connectivity index (χ4v) is 11.3. The molecule has 0 amide bonds. The molecule has 3 heterocycles. The number of hydrogen-bond donors (Lipinski definition) is 0. The van der Waals surface area contributed by atoms with E-state index in [-0.39, 0.29) is 16.0 Å². The fraction of sp³-hybridized carbons (Fsp3) is 0.486. The Hall–Kier alpha value is -1.70. The van der Waals surface area contributed by atoms with Crippen LogP contribution in [-0.4, -0.2) is 40.4 Å². The van der Waals surface area contributed by atoms with E-state index in [2.05, 4.69) is 79.9 Å². The van der Waals surface area contributed by atoms with E-state index < -0.39 is 34.4 Å². The number of carbonyl (C=O) groups is 1. The van der Waals surface area contributed by atoms with Gasteiger partial charge in [0.05, 0.1) is 0 Å². The average molecular weight is 762 g/mol. The molecule has 6 rings (SSSR count). The summed E-state index contributed by atoms with van der Waals surface area (Å²) in [4.78, 5) is 16.6. The molecule has 0 unspecified atom stereocenters. The van der Waals surface area contributed by atoms with E-state index in [1.54, 1.807) is 22.7 Å². The second-order valence-electron chi connectivity index (χ2n) is 16.2. The molecule has 2 aromatic carbocycles. The van der Waals surface area contributed by atoms with E-state index in [1.165, 1.54) is 0 Å². The Morgan fingerprint density at radius 1 is 0.833 bits per heavy atom. The van der Waals surface area contributed by atoms with Crippen LogP contribution in [0.3, 0.4) is 0 Å². The van der Waals surface area contributed by atoms with Crippen LogP contribution in [0.5, 0.6) is 0 Å². The number of ether oxygens (including phenoxy) is 2. The van der Waals surface area contributed by atoms with Crippen molar-refractivity contribution in [2.45, 2.75) is 115 Å². The number of thiophene rings is 2. The number of halogens is 2. The van der Waals surface area contributed by atoms with Gasteiger partial charge in [-0.2, -0.15) is 0 Å². The molecule has 2 aromatic heterocycles. The van der Waals surface area contributed by atoms with Gasteiger partial charge >= 0.3 is 5.97 Å². The van der Waals surface area contributed by atoms with E-state index in [4.69, 9.17) is 41.5 Å². The fourth-order valence-electron chi connectivity index (χ4n) is 5.95. The predicted octanol–water partition coefficient (Wildman–Crippen LogP) is 11.9. The molecule has 1 saturated heterocycles. The third kappa shape index (κ3) is 6.71. The minimum atomic E-state index is -2.49. The molecule has 4 aromatic rings. The minimum absolute atomic E-state index is 0.0669. The number of benzene rings is 2. The standard InChI is InChI=1S/C37H46Cl2O5S2Si2/c1-35(2,3)47(7,8)43-33-29-20-37(34(40)42-29,44-48(9,10)36(4,5)6)28(19-26-15-22-11-13-24(38)17-30(22)45-26)32(33)41-21-27-16-23-12-14-25(39)18-31(23)46-27/h11-18,29,33H,19-21H2,1-10H3/t29-,33+,37-/m1/s1. The lowest BCUT2D eigenvalue weighted by atomic mass is 9.80. The number of esters is 1. The Labute approximate surface area is 304 Å². The van der Waals surface area contributed by atoms with Crippen molar-refractivity contribution in [2.75, 3.05) is 0 Å². The van der Waals surface area contributed by atoms with Gasteiger partial charge in [0.15, 0.2) is 22.2 Å². The number of rotatable bonds is 9. The van der Waals surface area contributed by atoms with E-state index >= 15 is 0 Å². The predicted molar refractivity (Wildman–Crippen MR) is 207 cm³/mol. The molecule has 258 valence electrons. The molecule has 2 aliphatic rings. The summed E-state index contributed by atoms with van der Waals surface area (Å²) in [6.07, 6.45) is -0.186. The van der Waals surface area contributed by atoms with Crippen LogP contribution < -0.4 is 0 Å². The first-order valence-electron chi connectivity index (χ1n) is 16.5.